The molecule has 0 spiro atoms. The fraction of sp³-hybridized carbons (Fsp3) is 0.419. The number of aryl methyl sites for hydroxylation is 2. The largest absolute Gasteiger partial charge is 0.381 e. The lowest BCUT2D eigenvalue weighted by atomic mass is 9.90. The Bertz CT molecular complexity index is 1320. The molecule has 2 aliphatic rings. The van der Waals surface area contributed by atoms with Crippen LogP contribution >= 0.6 is 11.8 Å². The molecule has 0 radical (unpaired) electrons. The summed E-state index contributed by atoms with van der Waals surface area (Å²) in [5.74, 6) is 1.78. The van der Waals surface area contributed by atoms with Crippen LogP contribution in [0.4, 0.5) is 11.4 Å². The van der Waals surface area contributed by atoms with Crippen LogP contribution in [0.25, 0.3) is 6.08 Å². The lowest BCUT2D eigenvalue weighted by Gasteiger charge is -2.40. The number of hydrogen-bond acceptors (Lipinski definition) is 8. The van der Waals surface area contributed by atoms with E-state index in [1.54, 1.807) is 0 Å². The van der Waals surface area contributed by atoms with Crippen molar-refractivity contribution in [1.29, 1.82) is 0 Å². The first kappa shape index (κ1) is 27.3. The molecule has 7 nitrogen and oxygen atoms in total. The maximum Gasteiger partial charge on any atom is 0.154 e. The third-order valence-corrected chi connectivity index (χ3v) is 8.82. The van der Waals surface area contributed by atoms with E-state index in [9.17, 15) is 5.11 Å². The lowest BCUT2D eigenvalue weighted by Crippen LogP contribution is -2.40. The molecule has 0 saturated heterocycles. The van der Waals surface area contributed by atoms with Gasteiger partial charge in [-0.1, -0.05) is 29.8 Å². The van der Waals surface area contributed by atoms with Crippen LogP contribution in [0.15, 0.2) is 59.5 Å². The quantitative estimate of drug-likeness (QED) is 0.264. The van der Waals surface area contributed by atoms with Gasteiger partial charge in [0.1, 0.15) is 11.6 Å². The third-order valence-electron chi connectivity index (χ3n) is 7.41. The zero-order chi connectivity index (χ0) is 27.5. The standard InChI is InChI=1S/C31H40N6OS/c1-6-37(14-13-32-23-18-33-22(4)34-19-23)30-17-26-25(15-20(2)16-27(26)31(38)36(30)5)21(3)35-28-9-7-8-10-29(28)39-24-11-12-24/h7-10,15-19,21,24,31-32,35,38H,6,11-14H2,1-5H3. The molecule has 206 valence electrons. The number of aliphatic hydroxyl groups is 1. The molecule has 39 heavy (non-hydrogen) atoms. The van der Waals surface area contributed by atoms with Gasteiger partial charge in [0.15, 0.2) is 6.23 Å². The summed E-state index contributed by atoms with van der Waals surface area (Å²) in [6.45, 7) is 10.7. The van der Waals surface area contributed by atoms with Gasteiger partial charge in [0.05, 0.1) is 18.1 Å². The number of para-hydroxylation sites is 1. The Morgan fingerprint density at radius 3 is 2.62 bits per heavy atom. The summed E-state index contributed by atoms with van der Waals surface area (Å²) in [4.78, 5) is 14.1. The first-order valence-corrected chi connectivity index (χ1v) is 14.8. The van der Waals surface area contributed by atoms with Crippen LogP contribution in [0.5, 0.6) is 0 Å². The summed E-state index contributed by atoms with van der Waals surface area (Å²) in [6.07, 6.45) is 7.78. The SMILES string of the molecule is CCN(CCNc1cnc(C)nc1)C1=Cc2c(C(C)Nc3ccccc3SC3CC3)cc(C)cc2C(O)N1C. The molecule has 0 bridgehead atoms. The number of rotatable bonds is 11. The number of benzene rings is 2. The van der Waals surface area contributed by atoms with Gasteiger partial charge in [0.25, 0.3) is 0 Å². The highest BCUT2D eigenvalue weighted by Crippen LogP contribution is 2.43. The molecule has 1 aliphatic carbocycles. The fourth-order valence-electron chi connectivity index (χ4n) is 5.09. The van der Waals surface area contributed by atoms with Gasteiger partial charge in [0, 0.05) is 54.1 Å². The molecule has 3 aromatic rings. The third kappa shape index (κ3) is 6.34. The maximum absolute atomic E-state index is 11.4. The Balaban J connectivity index is 1.40. The van der Waals surface area contributed by atoms with E-state index in [1.165, 1.54) is 29.0 Å². The van der Waals surface area contributed by atoms with Crippen LogP contribution in [0.3, 0.4) is 0 Å². The van der Waals surface area contributed by atoms with Crippen LogP contribution in [-0.2, 0) is 0 Å². The topological polar surface area (TPSA) is 76.5 Å². The van der Waals surface area contributed by atoms with Crippen molar-refractivity contribution in [3.05, 3.63) is 82.7 Å². The molecular weight excluding hydrogens is 504 g/mol. The number of aliphatic hydroxyl groups excluding tert-OH is 1. The average Bonchev–Trinajstić information content (AvgIpc) is 3.75. The molecule has 2 atom stereocenters. The van der Waals surface area contributed by atoms with Crippen molar-refractivity contribution < 1.29 is 5.11 Å². The number of aromatic nitrogens is 2. The molecule has 2 aromatic carbocycles. The number of nitrogens with zero attached hydrogens (tertiary/aromatic N) is 4. The molecule has 2 unspecified atom stereocenters. The summed E-state index contributed by atoms with van der Waals surface area (Å²) in [6, 6.07) is 13.1. The molecule has 0 amide bonds. The zero-order valence-electron chi connectivity index (χ0n) is 23.6. The highest BCUT2D eigenvalue weighted by Gasteiger charge is 2.30. The number of nitrogens with one attached hydrogen (secondary N) is 2. The Labute approximate surface area is 236 Å². The van der Waals surface area contributed by atoms with Gasteiger partial charge < -0.3 is 25.5 Å². The number of anilines is 2. The number of fused-ring (bicyclic) bond motifs is 1. The molecular formula is C31H40N6OS. The molecule has 1 saturated carbocycles. The minimum atomic E-state index is -0.712. The molecule has 3 N–H and O–H groups in total. The second-order valence-electron chi connectivity index (χ2n) is 10.5. The van der Waals surface area contributed by atoms with Crippen molar-refractivity contribution in [2.75, 3.05) is 37.3 Å². The van der Waals surface area contributed by atoms with Crippen molar-refractivity contribution in [3.63, 3.8) is 0 Å². The minimum absolute atomic E-state index is 0.0750. The Hall–Kier alpha value is -3.23. The van der Waals surface area contributed by atoms with Crippen molar-refractivity contribution in [3.8, 4) is 0 Å². The van der Waals surface area contributed by atoms with E-state index in [0.29, 0.717) is 0 Å². The summed E-state index contributed by atoms with van der Waals surface area (Å²) < 4.78 is 0. The van der Waals surface area contributed by atoms with E-state index in [0.717, 1.165) is 58.9 Å². The summed E-state index contributed by atoms with van der Waals surface area (Å²) in [5, 5.41) is 19.4. The molecule has 1 aliphatic heterocycles. The van der Waals surface area contributed by atoms with Gasteiger partial charge in [-0.15, -0.1) is 11.8 Å². The van der Waals surface area contributed by atoms with Crippen LogP contribution in [0.1, 0.15) is 67.0 Å². The van der Waals surface area contributed by atoms with E-state index in [2.05, 4.69) is 88.7 Å². The number of hydrogen-bond donors (Lipinski definition) is 3. The minimum Gasteiger partial charge on any atom is -0.381 e. The van der Waals surface area contributed by atoms with Gasteiger partial charge in [-0.3, -0.25) is 0 Å². The van der Waals surface area contributed by atoms with Crippen molar-refractivity contribution in [2.45, 2.75) is 63.0 Å². The Morgan fingerprint density at radius 1 is 1.15 bits per heavy atom. The number of thioether (sulfide) groups is 1. The number of likely N-dealkylation sites (N-methyl/N-ethyl adjacent to an activating group) is 1. The molecule has 1 fully saturated rings. The maximum atomic E-state index is 11.4. The molecule has 1 aromatic heterocycles. The second kappa shape index (κ2) is 11.9. The van der Waals surface area contributed by atoms with Crippen molar-refractivity contribution in [2.24, 2.45) is 0 Å². The van der Waals surface area contributed by atoms with Crippen molar-refractivity contribution >= 4 is 29.2 Å². The average molecular weight is 545 g/mol. The normalized spacial score (nSPS) is 17.3. The first-order valence-electron chi connectivity index (χ1n) is 13.9. The van der Waals surface area contributed by atoms with Crippen LogP contribution in [0, 0.1) is 13.8 Å². The van der Waals surface area contributed by atoms with Crippen LogP contribution in [-0.4, -0.2) is 56.8 Å². The van der Waals surface area contributed by atoms with Crippen LogP contribution < -0.4 is 10.6 Å². The fourth-order valence-corrected chi connectivity index (χ4v) is 6.23. The second-order valence-corrected chi connectivity index (χ2v) is 11.9. The Morgan fingerprint density at radius 2 is 1.90 bits per heavy atom. The highest BCUT2D eigenvalue weighted by atomic mass is 32.2. The van der Waals surface area contributed by atoms with E-state index in [4.69, 9.17) is 0 Å². The van der Waals surface area contributed by atoms with Crippen LogP contribution in [0.2, 0.25) is 0 Å². The first-order chi connectivity index (χ1) is 18.8. The summed E-state index contributed by atoms with van der Waals surface area (Å²) in [5.41, 5.74) is 6.50. The van der Waals surface area contributed by atoms with Gasteiger partial charge in [-0.2, -0.15) is 0 Å². The summed E-state index contributed by atoms with van der Waals surface area (Å²) in [7, 11) is 1.97. The van der Waals surface area contributed by atoms with Gasteiger partial charge in [-0.25, -0.2) is 9.97 Å². The predicted molar refractivity (Wildman–Crippen MR) is 162 cm³/mol. The van der Waals surface area contributed by atoms with E-state index in [1.807, 2.05) is 43.0 Å². The molecule has 2 heterocycles. The Kier molecular flexibility index (Phi) is 8.33. The molecule has 8 heteroatoms. The predicted octanol–water partition coefficient (Wildman–Crippen LogP) is 6.19. The zero-order valence-corrected chi connectivity index (χ0v) is 24.4. The van der Waals surface area contributed by atoms with E-state index < -0.39 is 6.23 Å². The molecule has 5 rings (SSSR count). The van der Waals surface area contributed by atoms with Gasteiger partial charge in [-0.05, 0) is 69.9 Å². The van der Waals surface area contributed by atoms with Gasteiger partial charge >= 0.3 is 0 Å². The lowest BCUT2D eigenvalue weighted by molar-refractivity contribution is 0.0208. The van der Waals surface area contributed by atoms with Gasteiger partial charge in [0.2, 0.25) is 0 Å². The van der Waals surface area contributed by atoms with E-state index in [-0.39, 0.29) is 6.04 Å². The van der Waals surface area contributed by atoms with Crippen molar-refractivity contribution in [1.82, 2.24) is 19.8 Å². The highest BCUT2D eigenvalue weighted by molar-refractivity contribution is 8.00. The van der Waals surface area contributed by atoms with E-state index >= 15 is 0 Å². The smallest absolute Gasteiger partial charge is 0.154 e. The monoisotopic (exact) mass is 544 g/mol. The summed E-state index contributed by atoms with van der Waals surface area (Å²) >= 11 is 1.98.